The molecule has 1 aliphatic heterocycles. The van der Waals surface area contributed by atoms with Crippen LogP contribution in [0.15, 0.2) is 29.3 Å². The molecule has 6 nitrogen and oxygen atoms in total. The number of carbonyl (C=O) groups is 1. The number of amidine groups is 1. The fraction of sp³-hybridized carbons (Fsp3) is 0.556. The van der Waals surface area contributed by atoms with Crippen molar-refractivity contribution in [2.45, 2.75) is 26.8 Å². The van der Waals surface area contributed by atoms with Gasteiger partial charge in [0.25, 0.3) is 0 Å². The first-order chi connectivity index (χ1) is 11.2. The molecule has 0 saturated carbocycles. The van der Waals surface area contributed by atoms with Gasteiger partial charge in [0.05, 0.1) is 12.0 Å². The largest absolute Gasteiger partial charge is 0.493 e. The predicted octanol–water partition coefficient (Wildman–Crippen LogP) is 1.83. The first kappa shape index (κ1) is 18.3. The summed E-state index contributed by atoms with van der Waals surface area (Å²) in [6.45, 7) is 7.70. The average Bonchev–Trinajstić information content (AvgIpc) is 2.44. The van der Waals surface area contributed by atoms with Gasteiger partial charge < -0.3 is 20.5 Å². The van der Waals surface area contributed by atoms with Crippen molar-refractivity contribution in [3.8, 4) is 5.75 Å². The molecule has 1 aromatic carbocycles. The molecule has 0 amide bonds. The lowest BCUT2D eigenvalue weighted by molar-refractivity contribution is -0.146. The molecule has 0 aliphatic carbocycles. The summed E-state index contributed by atoms with van der Waals surface area (Å²) in [7, 11) is 2.05. The Kier molecular flexibility index (Phi) is 5.49. The number of nitrogens with zero attached hydrogens (tertiary/aromatic N) is 2. The Morgan fingerprint density at radius 3 is 2.42 bits per heavy atom. The second-order valence-electron chi connectivity index (χ2n) is 7.48. The summed E-state index contributed by atoms with van der Waals surface area (Å²) < 4.78 is 5.65. The molecule has 1 aliphatic rings. The van der Waals surface area contributed by atoms with E-state index in [0.717, 1.165) is 18.7 Å². The number of likely N-dealkylation sites (N-methyl/N-ethyl adjacent to an activating group) is 1. The van der Waals surface area contributed by atoms with E-state index in [-0.39, 0.29) is 18.1 Å². The number of carboxylic acid groups (broad SMARTS) is 1. The Morgan fingerprint density at radius 2 is 1.96 bits per heavy atom. The maximum absolute atomic E-state index is 11.4. The second kappa shape index (κ2) is 7.21. The third kappa shape index (κ3) is 4.71. The van der Waals surface area contributed by atoms with Crippen LogP contribution in [0.25, 0.3) is 0 Å². The standard InChI is InChI=1S/C18H27N3O3/c1-18(2,3)15(17(22)23)11-24-14-7-5-12(6-8-14)16(19)20-13-9-21(4)10-13/h5-8,13,15H,9-11H2,1-4H3,(H2,19,20)(H,22,23)/t15-/m0/s1. The monoisotopic (exact) mass is 333 g/mol. The summed E-state index contributed by atoms with van der Waals surface area (Å²) in [4.78, 5) is 18.0. The molecule has 1 aromatic rings. The molecule has 0 unspecified atom stereocenters. The number of aliphatic carboxylic acids is 1. The highest BCUT2D eigenvalue weighted by Crippen LogP contribution is 2.27. The minimum absolute atomic E-state index is 0.135. The van der Waals surface area contributed by atoms with Crippen LogP contribution in [0.3, 0.4) is 0 Å². The quantitative estimate of drug-likeness (QED) is 0.612. The van der Waals surface area contributed by atoms with Crippen LogP contribution in [0.2, 0.25) is 0 Å². The molecule has 24 heavy (non-hydrogen) atoms. The zero-order valence-corrected chi connectivity index (χ0v) is 14.8. The molecule has 132 valence electrons. The zero-order chi connectivity index (χ0) is 17.9. The van der Waals surface area contributed by atoms with Gasteiger partial charge in [-0.05, 0) is 36.7 Å². The molecule has 6 heteroatoms. The van der Waals surface area contributed by atoms with Crippen molar-refractivity contribution < 1.29 is 14.6 Å². The maximum Gasteiger partial charge on any atom is 0.310 e. The second-order valence-corrected chi connectivity index (χ2v) is 7.48. The van der Waals surface area contributed by atoms with Gasteiger partial charge in [-0.3, -0.25) is 9.79 Å². The minimum Gasteiger partial charge on any atom is -0.493 e. The molecule has 2 rings (SSSR count). The van der Waals surface area contributed by atoms with Crippen molar-refractivity contribution in [2.24, 2.45) is 22.1 Å². The van der Waals surface area contributed by atoms with Gasteiger partial charge in [-0.2, -0.15) is 0 Å². The lowest BCUT2D eigenvalue weighted by Gasteiger charge is -2.33. The smallest absolute Gasteiger partial charge is 0.310 e. The highest BCUT2D eigenvalue weighted by atomic mass is 16.5. The van der Waals surface area contributed by atoms with E-state index in [0.29, 0.717) is 11.6 Å². The number of ether oxygens (including phenoxy) is 1. The van der Waals surface area contributed by atoms with Gasteiger partial charge in [0, 0.05) is 18.7 Å². The Labute approximate surface area is 143 Å². The van der Waals surface area contributed by atoms with E-state index < -0.39 is 11.9 Å². The molecule has 0 radical (unpaired) electrons. The summed E-state index contributed by atoms with van der Waals surface area (Å²) in [6.07, 6.45) is 0. The number of hydrogen-bond donors (Lipinski definition) is 2. The van der Waals surface area contributed by atoms with E-state index in [1.54, 1.807) is 12.1 Å². The summed E-state index contributed by atoms with van der Waals surface area (Å²) in [5.74, 6) is -0.261. The third-order valence-corrected chi connectivity index (χ3v) is 4.28. The van der Waals surface area contributed by atoms with E-state index >= 15 is 0 Å². The van der Waals surface area contributed by atoms with Gasteiger partial charge in [-0.25, -0.2) is 0 Å². The number of likely N-dealkylation sites (tertiary alicyclic amines) is 1. The highest BCUT2D eigenvalue weighted by Gasteiger charge is 2.31. The van der Waals surface area contributed by atoms with Gasteiger partial charge in [-0.15, -0.1) is 0 Å². The van der Waals surface area contributed by atoms with Crippen LogP contribution in [0, 0.1) is 11.3 Å². The first-order valence-electron chi connectivity index (χ1n) is 8.14. The van der Waals surface area contributed by atoms with Crippen molar-refractivity contribution >= 4 is 11.8 Å². The molecule has 1 heterocycles. The number of nitrogens with two attached hydrogens (primary N) is 1. The van der Waals surface area contributed by atoms with Crippen molar-refractivity contribution in [1.82, 2.24) is 4.90 Å². The fourth-order valence-electron chi connectivity index (χ4n) is 2.61. The highest BCUT2D eigenvalue weighted by molar-refractivity contribution is 5.97. The van der Waals surface area contributed by atoms with Gasteiger partial charge in [0.1, 0.15) is 18.2 Å². The number of aliphatic imine (C=N–C) groups is 1. The van der Waals surface area contributed by atoms with Crippen molar-refractivity contribution in [1.29, 1.82) is 0 Å². The van der Waals surface area contributed by atoms with Crippen LogP contribution in [-0.2, 0) is 4.79 Å². The molecule has 3 N–H and O–H groups in total. The van der Waals surface area contributed by atoms with Crippen molar-refractivity contribution in [3.63, 3.8) is 0 Å². The number of rotatable bonds is 6. The minimum atomic E-state index is -0.846. The molecule has 1 saturated heterocycles. The van der Waals surface area contributed by atoms with Gasteiger partial charge in [0.15, 0.2) is 0 Å². The van der Waals surface area contributed by atoms with Crippen LogP contribution in [0.1, 0.15) is 26.3 Å². The lowest BCUT2D eigenvalue weighted by Crippen LogP contribution is -2.47. The van der Waals surface area contributed by atoms with E-state index in [4.69, 9.17) is 10.5 Å². The van der Waals surface area contributed by atoms with Crippen LogP contribution in [0.5, 0.6) is 5.75 Å². The SMILES string of the molecule is CN1CC(N=C(N)c2ccc(OC[C@@H](C(=O)O)C(C)(C)C)cc2)C1. The van der Waals surface area contributed by atoms with Gasteiger partial charge in [0.2, 0.25) is 0 Å². The molecule has 1 fully saturated rings. The Bertz CT molecular complexity index is 599. The number of carboxylic acids is 1. The van der Waals surface area contributed by atoms with Crippen molar-refractivity contribution in [3.05, 3.63) is 29.8 Å². The molecule has 1 atom stereocenters. The van der Waals surface area contributed by atoms with Crippen LogP contribution in [-0.4, -0.2) is 54.6 Å². The molecule has 0 spiro atoms. The summed E-state index contributed by atoms with van der Waals surface area (Å²) in [5, 5.41) is 9.32. The number of hydrogen-bond acceptors (Lipinski definition) is 4. The fourth-order valence-corrected chi connectivity index (χ4v) is 2.61. The third-order valence-electron chi connectivity index (χ3n) is 4.28. The van der Waals surface area contributed by atoms with Crippen LogP contribution < -0.4 is 10.5 Å². The molecular formula is C18H27N3O3. The molecule has 0 aromatic heterocycles. The summed E-state index contributed by atoms with van der Waals surface area (Å²) in [6, 6.07) is 7.57. The first-order valence-corrected chi connectivity index (χ1v) is 8.14. The molecular weight excluding hydrogens is 306 g/mol. The Balaban J connectivity index is 1.95. The van der Waals surface area contributed by atoms with E-state index in [9.17, 15) is 9.90 Å². The zero-order valence-electron chi connectivity index (χ0n) is 14.8. The Hall–Kier alpha value is -2.08. The van der Waals surface area contributed by atoms with Crippen LogP contribution >= 0.6 is 0 Å². The average molecular weight is 333 g/mol. The lowest BCUT2D eigenvalue weighted by atomic mass is 9.81. The van der Waals surface area contributed by atoms with E-state index in [1.807, 2.05) is 32.9 Å². The topological polar surface area (TPSA) is 88.1 Å². The van der Waals surface area contributed by atoms with Gasteiger partial charge in [-0.1, -0.05) is 20.8 Å². The Morgan fingerprint density at radius 1 is 1.38 bits per heavy atom. The number of benzene rings is 1. The molecule has 0 bridgehead atoms. The normalized spacial score (nSPS) is 18.1. The van der Waals surface area contributed by atoms with Gasteiger partial charge >= 0.3 is 5.97 Å². The van der Waals surface area contributed by atoms with Crippen LogP contribution in [0.4, 0.5) is 0 Å². The van der Waals surface area contributed by atoms with Crippen molar-refractivity contribution in [2.75, 3.05) is 26.7 Å². The van der Waals surface area contributed by atoms with E-state index in [1.165, 1.54) is 0 Å². The predicted molar refractivity (Wildman–Crippen MR) is 94.5 cm³/mol. The summed E-state index contributed by atoms with van der Waals surface area (Å²) >= 11 is 0. The summed E-state index contributed by atoms with van der Waals surface area (Å²) in [5.41, 5.74) is 6.52. The maximum atomic E-state index is 11.4. The van der Waals surface area contributed by atoms with E-state index in [2.05, 4.69) is 16.9 Å².